The quantitative estimate of drug-likeness (QED) is 0.831. The van der Waals surface area contributed by atoms with Crippen LogP contribution in [0.3, 0.4) is 0 Å². The molecule has 0 unspecified atom stereocenters. The number of hydrogen-bond donors (Lipinski definition) is 0. The van der Waals surface area contributed by atoms with Crippen molar-refractivity contribution in [2.75, 3.05) is 6.61 Å². The maximum atomic E-state index is 8.66. The number of rotatable bonds is 3. The Balaban J connectivity index is 2.09. The number of nitrogens with zero attached hydrogens (tertiary/aromatic N) is 2. The van der Waals surface area contributed by atoms with E-state index < -0.39 is 0 Å². The maximum Gasteiger partial charge on any atom is 0.144 e. The van der Waals surface area contributed by atoms with E-state index in [1.807, 2.05) is 6.07 Å². The predicted molar refractivity (Wildman–Crippen MR) is 54.9 cm³/mol. The third kappa shape index (κ3) is 2.24. The van der Waals surface area contributed by atoms with Crippen molar-refractivity contribution in [2.24, 2.45) is 5.92 Å². The summed E-state index contributed by atoms with van der Waals surface area (Å²) in [7, 11) is 0. The minimum atomic E-state index is 0.388. The second-order valence-corrected chi connectivity index (χ2v) is 4.22. The molecule has 3 nitrogen and oxygen atoms in total. The van der Waals surface area contributed by atoms with Gasteiger partial charge in [0.1, 0.15) is 17.5 Å². The molecule has 0 amide bonds. The second kappa shape index (κ2) is 3.97. The van der Waals surface area contributed by atoms with Gasteiger partial charge in [-0.25, -0.2) is 4.98 Å². The van der Waals surface area contributed by atoms with Crippen LogP contribution in [0.15, 0.2) is 16.7 Å². The van der Waals surface area contributed by atoms with Gasteiger partial charge in [0.2, 0.25) is 0 Å². The molecule has 1 aromatic rings. The molecule has 0 saturated heterocycles. The molecule has 1 aliphatic rings. The summed E-state index contributed by atoms with van der Waals surface area (Å²) in [6, 6.07) is 3.65. The molecule has 0 N–H and O–H groups in total. The fourth-order valence-electron chi connectivity index (χ4n) is 1.08. The van der Waals surface area contributed by atoms with Gasteiger partial charge < -0.3 is 4.74 Å². The van der Waals surface area contributed by atoms with E-state index in [4.69, 9.17) is 10.00 Å². The Morgan fingerprint density at radius 2 is 2.43 bits per heavy atom. The van der Waals surface area contributed by atoms with Crippen LogP contribution in [0, 0.1) is 17.2 Å². The van der Waals surface area contributed by atoms with Crippen LogP contribution in [0.25, 0.3) is 0 Å². The summed E-state index contributed by atoms with van der Waals surface area (Å²) in [5.41, 5.74) is 0.388. The number of nitriles is 1. The van der Waals surface area contributed by atoms with E-state index in [0.29, 0.717) is 17.4 Å². The summed E-state index contributed by atoms with van der Waals surface area (Å²) < 4.78 is 6.37. The molecule has 1 saturated carbocycles. The molecule has 0 bridgehead atoms. The number of halogens is 1. The Kier molecular flexibility index (Phi) is 2.69. The molecule has 1 heterocycles. The molecule has 1 aliphatic carbocycles. The van der Waals surface area contributed by atoms with Gasteiger partial charge in [-0.2, -0.15) is 5.26 Å². The van der Waals surface area contributed by atoms with Gasteiger partial charge in [0.15, 0.2) is 0 Å². The fraction of sp³-hybridized carbons (Fsp3) is 0.400. The number of pyridine rings is 1. The van der Waals surface area contributed by atoms with E-state index in [1.54, 1.807) is 12.3 Å². The van der Waals surface area contributed by atoms with Crippen LogP contribution < -0.4 is 4.74 Å². The summed E-state index contributed by atoms with van der Waals surface area (Å²) >= 11 is 3.33. The largest absolute Gasteiger partial charge is 0.492 e. The van der Waals surface area contributed by atoms with Crippen molar-refractivity contribution in [2.45, 2.75) is 12.8 Å². The minimum Gasteiger partial charge on any atom is -0.492 e. The summed E-state index contributed by atoms with van der Waals surface area (Å²) in [4.78, 5) is 3.91. The zero-order chi connectivity index (χ0) is 9.97. The summed E-state index contributed by atoms with van der Waals surface area (Å²) in [5, 5.41) is 8.66. The lowest BCUT2D eigenvalue weighted by molar-refractivity contribution is 0.297. The zero-order valence-corrected chi connectivity index (χ0v) is 9.12. The van der Waals surface area contributed by atoms with Gasteiger partial charge in [-0.15, -0.1) is 0 Å². The maximum absolute atomic E-state index is 8.66. The van der Waals surface area contributed by atoms with Crippen LogP contribution in [0.2, 0.25) is 0 Å². The monoisotopic (exact) mass is 252 g/mol. The van der Waals surface area contributed by atoms with Gasteiger partial charge in [0.05, 0.1) is 11.1 Å². The van der Waals surface area contributed by atoms with Crippen molar-refractivity contribution in [1.29, 1.82) is 5.26 Å². The highest BCUT2D eigenvalue weighted by Gasteiger charge is 2.22. The Labute approximate surface area is 90.8 Å². The van der Waals surface area contributed by atoms with Gasteiger partial charge in [-0.1, -0.05) is 0 Å². The molecule has 0 spiro atoms. The Hall–Kier alpha value is -1.08. The Morgan fingerprint density at radius 3 is 3.07 bits per heavy atom. The lowest BCUT2D eigenvalue weighted by Gasteiger charge is -2.06. The first kappa shape index (κ1) is 9.47. The van der Waals surface area contributed by atoms with Gasteiger partial charge in [-0.05, 0) is 34.7 Å². The predicted octanol–water partition coefficient (Wildman–Crippen LogP) is 2.50. The lowest BCUT2D eigenvalue weighted by Crippen LogP contribution is -2.00. The molecular weight excluding hydrogens is 244 g/mol. The smallest absolute Gasteiger partial charge is 0.144 e. The van der Waals surface area contributed by atoms with E-state index in [0.717, 1.165) is 11.1 Å². The van der Waals surface area contributed by atoms with E-state index in [9.17, 15) is 0 Å². The second-order valence-electron chi connectivity index (χ2n) is 3.37. The van der Waals surface area contributed by atoms with Crippen molar-refractivity contribution >= 4 is 15.9 Å². The topological polar surface area (TPSA) is 45.9 Å². The molecular formula is C10H9BrN2O. The standard InChI is InChI=1S/C10H9BrN2O/c11-9-5-13-8(4-12)3-10(9)14-6-7-1-2-7/h3,5,7H,1-2,6H2. The molecule has 0 aromatic carbocycles. The van der Waals surface area contributed by atoms with Gasteiger partial charge in [0, 0.05) is 12.3 Å². The number of hydrogen-bond acceptors (Lipinski definition) is 3. The Morgan fingerprint density at radius 1 is 1.64 bits per heavy atom. The molecule has 72 valence electrons. The highest BCUT2D eigenvalue weighted by Crippen LogP contribution is 2.31. The van der Waals surface area contributed by atoms with Gasteiger partial charge in [0.25, 0.3) is 0 Å². The first-order chi connectivity index (χ1) is 6.79. The number of ether oxygens (including phenoxy) is 1. The van der Waals surface area contributed by atoms with Crippen molar-refractivity contribution < 1.29 is 4.74 Å². The lowest BCUT2D eigenvalue weighted by atomic mass is 10.3. The minimum absolute atomic E-state index is 0.388. The van der Waals surface area contributed by atoms with Crippen LogP contribution in [-0.2, 0) is 0 Å². The molecule has 4 heteroatoms. The number of aromatic nitrogens is 1. The van der Waals surface area contributed by atoms with E-state index in [2.05, 4.69) is 20.9 Å². The summed E-state index contributed by atoms with van der Waals surface area (Å²) in [6.45, 7) is 0.744. The van der Waals surface area contributed by atoms with E-state index >= 15 is 0 Å². The normalized spacial score (nSPS) is 14.9. The van der Waals surface area contributed by atoms with Crippen LogP contribution in [-0.4, -0.2) is 11.6 Å². The molecule has 0 radical (unpaired) electrons. The van der Waals surface area contributed by atoms with Crippen LogP contribution in [0.1, 0.15) is 18.5 Å². The van der Waals surface area contributed by atoms with E-state index in [-0.39, 0.29) is 0 Å². The first-order valence-electron chi connectivity index (χ1n) is 4.48. The Bertz CT molecular complexity index is 382. The van der Waals surface area contributed by atoms with Crippen LogP contribution in [0.5, 0.6) is 5.75 Å². The van der Waals surface area contributed by atoms with E-state index in [1.165, 1.54) is 12.8 Å². The molecule has 1 fully saturated rings. The highest BCUT2D eigenvalue weighted by molar-refractivity contribution is 9.10. The molecule has 14 heavy (non-hydrogen) atoms. The van der Waals surface area contributed by atoms with Crippen molar-refractivity contribution in [3.8, 4) is 11.8 Å². The van der Waals surface area contributed by atoms with Crippen molar-refractivity contribution in [1.82, 2.24) is 4.98 Å². The van der Waals surface area contributed by atoms with Gasteiger partial charge >= 0.3 is 0 Å². The SMILES string of the molecule is N#Cc1cc(OCC2CC2)c(Br)cn1. The highest BCUT2D eigenvalue weighted by atomic mass is 79.9. The van der Waals surface area contributed by atoms with Gasteiger partial charge in [-0.3, -0.25) is 0 Å². The first-order valence-corrected chi connectivity index (χ1v) is 5.27. The third-order valence-corrected chi connectivity index (χ3v) is 2.70. The summed E-state index contributed by atoms with van der Waals surface area (Å²) in [6.07, 6.45) is 4.11. The third-order valence-electron chi connectivity index (χ3n) is 2.11. The van der Waals surface area contributed by atoms with Crippen molar-refractivity contribution in [3.63, 3.8) is 0 Å². The fourth-order valence-corrected chi connectivity index (χ4v) is 1.42. The zero-order valence-electron chi connectivity index (χ0n) is 7.53. The summed E-state index contributed by atoms with van der Waals surface area (Å²) in [5.74, 6) is 1.42. The molecule has 0 aliphatic heterocycles. The average molecular weight is 253 g/mol. The molecule has 0 atom stereocenters. The molecule has 1 aromatic heterocycles. The molecule has 2 rings (SSSR count). The van der Waals surface area contributed by atoms with Crippen molar-refractivity contribution in [3.05, 3.63) is 22.4 Å². The van der Waals surface area contributed by atoms with Crippen LogP contribution >= 0.6 is 15.9 Å². The van der Waals surface area contributed by atoms with Crippen LogP contribution in [0.4, 0.5) is 0 Å². The average Bonchev–Trinajstić information content (AvgIpc) is 3.00.